The molecule has 0 fully saturated rings. The van der Waals surface area contributed by atoms with Crippen molar-refractivity contribution in [3.05, 3.63) is 65.2 Å². The Morgan fingerprint density at radius 1 is 1.04 bits per heavy atom. The first-order valence-electron chi connectivity index (χ1n) is 8.69. The van der Waals surface area contributed by atoms with Crippen LogP contribution in [0.5, 0.6) is 0 Å². The summed E-state index contributed by atoms with van der Waals surface area (Å²) in [6, 6.07) is 17.7. The Morgan fingerprint density at radius 3 is 2.44 bits per heavy atom. The topological polar surface area (TPSA) is 36.4 Å². The first kappa shape index (κ1) is 17.9. The van der Waals surface area contributed by atoms with Crippen molar-refractivity contribution in [2.45, 2.75) is 20.0 Å². The van der Waals surface area contributed by atoms with Crippen molar-refractivity contribution in [2.24, 2.45) is 0 Å². The number of rotatable bonds is 6. The predicted octanol–water partition coefficient (Wildman–Crippen LogP) is 4.93. The van der Waals surface area contributed by atoms with E-state index in [1.165, 1.54) is 0 Å². The van der Waals surface area contributed by atoms with Crippen LogP contribution in [0.4, 0.5) is 0 Å². The number of aromatic nitrogens is 1. The molecule has 4 heteroatoms. The molecule has 1 unspecified atom stereocenters. The fourth-order valence-electron chi connectivity index (χ4n) is 3.10. The van der Waals surface area contributed by atoms with E-state index in [1.807, 2.05) is 54.6 Å². The molecule has 0 aliphatic rings. The van der Waals surface area contributed by atoms with E-state index in [2.05, 4.69) is 18.7 Å². The second-order valence-corrected chi connectivity index (χ2v) is 6.51. The van der Waals surface area contributed by atoms with Gasteiger partial charge in [-0.2, -0.15) is 0 Å². The van der Waals surface area contributed by atoms with Gasteiger partial charge in [0.1, 0.15) is 0 Å². The van der Waals surface area contributed by atoms with Gasteiger partial charge in [0.05, 0.1) is 22.3 Å². The van der Waals surface area contributed by atoms with Crippen LogP contribution < -0.4 is 0 Å². The van der Waals surface area contributed by atoms with E-state index >= 15 is 0 Å². The molecule has 0 amide bonds. The lowest BCUT2D eigenvalue weighted by molar-refractivity contribution is 0.120. The Bertz CT molecular complexity index is 847. The fraction of sp³-hybridized carbons (Fsp3) is 0.286. The van der Waals surface area contributed by atoms with Crippen LogP contribution in [-0.2, 0) is 0 Å². The first-order chi connectivity index (χ1) is 12.1. The van der Waals surface area contributed by atoms with Gasteiger partial charge in [0, 0.05) is 17.5 Å². The van der Waals surface area contributed by atoms with Gasteiger partial charge in [0.15, 0.2) is 0 Å². The SMILES string of the molecule is CCN(CC)CC(O)c1cc(-c2ccccc2)nc2c(Cl)cccc12. The second-order valence-electron chi connectivity index (χ2n) is 6.10. The molecule has 0 spiro atoms. The third kappa shape index (κ3) is 3.84. The van der Waals surface area contributed by atoms with Crippen molar-refractivity contribution in [2.75, 3.05) is 19.6 Å². The lowest BCUT2D eigenvalue weighted by atomic mass is 10.00. The summed E-state index contributed by atoms with van der Waals surface area (Å²) >= 11 is 6.40. The number of aliphatic hydroxyl groups excluding tert-OH is 1. The van der Waals surface area contributed by atoms with Gasteiger partial charge in [0.2, 0.25) is 0 Å². The number of halogens is 1. The standard InChI is InChI=1S/C21H23ClN2O/c1-3-24(4-2)14-20(25)17-13-19(15-9-6-5-7-10-15)23-21-16(17)11-8-12-18(21)22/h5-13,20,25H,3-4,14H2,1-2H3. The zero-order valence-corrected chi connectivity index (χ0v) is 15.4. The predicted molar refractivity (Wildman–Crippen MR) is 105 cm³/mol. The smallest absolute Gasteiger partial charge is 0.0924 e. The number of fused-ring (bicyclic) bond motifs is 1. The van der Waals surface area contributed by atoms with Gasteiger partial charge in [-0.1, -0.05) is 67.9 Å². The van der Waals surface area contributed by atoms with Gasteiger partial charge in [-0.15, -0.1) is 0 Å². The Balaban J connectivity index is 2.14. The van der Waals surface area contributed by atoms with Crippen LogP contribution in [0.1, 0.15) is 25.5 Å². The second kappa shape index (κ2) is 7.96. The molecule has 1 aromatic heterocycles. The van der Waals surface area contributed by atoms with Gasteiger partial charge >= 0.3 is 0 Å². The van der Waals surface area contributed by atoms with Crippen LogP contribution >= 0.6 is 11.6 Å². The summed E-state index contributed by atoms with van der Waals surface area (Å²) in [5.74, 6) is 0. The molecular weight excluding hydrogens is 332 g/mol. The molecule has 130 valence electrons. The molecule has 25 heavy (non-hydrogen) atoms. The minimum absolute atomic E-state index is 0.590. The molecule has 1 atom stereocenters. The van der Waals surface area contributed by atoms with Gasteiger partial charge < -0.3 is 10.0 Å². The molecule has 1 N–H and O–H groups in total. The van der Waals surface area contributed by atoms with Crippen molar-refractivity contribution in [1.29, 1.82) is 0 Å². The van der Waals surface area contributed by atoms with Gasteiger partial charge in [0.25, 0.3) is 0 Å². The number of likely N-dealkylation sites (N-methyl/N-ethyl adjacent to an activating group) is 1. The lowest BCUT2D eigenvalue weighted by Gasteiger charge is -2.23. The fourth-order valence-corrected chi connectivity index (χ4v) is 3.31. The van der Waals surface area contributed by atoms with Gasteiger partial charge in [-0.25, -0.2) is 4.98 Å². The van der Waals surface area contributed by atoms with E-state index in [4.69, 9.17) is 16.6 Å². The highest BCUT2D eigenvalue weighted by Gasteiger charge is 2.18. The van der Waals surface area contributed by atoms with E-state index in [0.29, 0.717) is 11.6 Å². The summed E-state index contributed by atoms with van der Waals surface area (Å²) in [5.41, 5.74) is 3.45. The van der Waals surface area contributed by atoms with Crippen molar-refractivity contribution in [1.82, 2.24) is 9.88 Å². The first-order valence-corrected chi connectivity index (χ1v) is 9.06. The van der Waals surface area contributed by atoms with Crippen molar-refractivity contribution in [3.63, 3.8) is 0 Å². The van der Waals surface area contributed by atoms with Crippen LogP contribution in [0.2, 0.25) is 5.02 Å². The molecule has 0 saturated carbocycles. The summed E-state index contributed by atoms with van der Waals surface area (Å²) < 4.78 is 0. The highest BCUT2D eigenvalue weighted by molar-refractivity contribution is 6.35. The van der Waals surface area contributed by atoms with Crippen LogP contribution in [-0.4, -0.2) is 34.6 Å². The van der Waals surface area contributed by atoms with Crippen LogP contribution in [0.3, 0.4) is 0 Å². The largest absolute Gasteiger partial charge is 0.387 e. The average molecular weight is 355 g/mol. The van der Waals surface area contributed by atoms with E-state index in [0.717, 1.165) is 40.8 Å². The molecule has 0 aliphatic carbocycles. The van der Waals surface area contributed by atoms with Gasteiger partial charge in [-0.3, -0.25) is 0 Å². The summed E-state index contributed by atoms with van der Waals surface area (Å²) in [7, 11) is 0. The third-order valence-electron chi connectivity index (χ3n) is 4.58. The number of hydrogen-bond acceptors (Lipinski definition) is 3. The third-order valence-corrected chi connectivity index (χ3v) is 4.88. The maximum absolute atomic E-state index is 10.9. The zero-order chi connectivity index (χ0) is 17.8. The number of hydrogen-bond donors (Lipinski definition) is 1. The molecule has 3 nitrogen and oxygen atoms in total. The van der Waals surface area contributed by atoms with Crippen LogP contribution in [0, 0.1) is 0 Å². The number of benzene rings is 2. The molecule has 3 aromatic rings. The van der Waals surface area contributed by atoms with Crippen molar-refractivity contribution < 1.29 is 5.11 Å². The molecular formula is C21H23ClN2O. The number of para-hydroxylation sites is 1. The molecule has 0 aliphatic heterocycles. The lowest BCUT2D eigenvalue weighted by Crippen LogP contribution is -2.28. The van der Waals surface area contributed by atoms with Crippen LogP contribution in [0.15, 0.2) is 54.6 Å². The molecule has 0 bridgehead atoms. The van der Waals surface area contributed by atoms with E-state index in [1.54, 1.807) is 0 Å². The van der Waals surface area contributed by atoms with Gasteiger partial charge in [-0.05, 0) is 30.8 Å². The summed E-state index contributed by atoms with van der Waals surface area (Å²) in [5, 5.41) is 12.4. The number of aliphatic hydroxyl groups is 1. The monoisotopic (exact) mass is 354 g/mol. The average Bonchev–Trinajstić information content (AvgIpc) is 2.66. The van der Waals surface area contributed by atoms with Crippen molar-refractivity contribution >= 4 is 22.5 Å². The Morgan fingerprint density at radius 2 is 1.76 bits per heavy atom. The Hall–Kier alpha value is -1.94. The zero-order valence-electron chi connectivity index (χ0n) is 14.6. The molecule has 1 heterocycles. The summed E-state index contributed by atoms with van der Waals surface area (Å²) in [4.78, 5) is 6.96. The number of pyridine rings is 1. The summed E-state index contributed by atoms with van der Waals surface area (Å²) in [6.45, 7) is 6.61. The minimum Gasteiger partial charge on any atom is -0.387 e. The maximum Gasteiger partial charge on any atom is 0.0924 e. The van der Waals surface area contributed by atoms with E-state index in [-0.39, 0.29) is 0 Å². The number of nitrogens with zero attached hydrogens (tertiary/aromatic N) is 2. The maximum atomic E-state index is 10.9. The van der Waals surface area contributed by atoms with Crippen molar-refractivity contribution in [3.8, 4) is 11.3 Å². The Labute approximate surface area is 153 Å². The normalized spacial score (nSPS) is 12.7. The molecule has 2 aromatic carbocycles. The molecule has 0 radical (unpaired) electrons. The highest BCUT2D eigenvalue weighted by Crippen LogP contribution is 2.32. The summed E-state index contributed by atoms with van der Waals surface area (Å²) in [6.07, 6.45) is -0.591. The molecule has 3 rings (SSSR count). The Kier molecular flexibility index (Phi) is 5.69. The quantitative estimate of drug-likeness (QED) is 0.681. The highest BCUT2D eigenvalue weighted by atomic mass is 35.5. The van der Waals surface area contributed by atoms with E-state index < -0.39 is 6.10 Å². The minimum atomic E-state index is -0.591. The van der Waals surface area contributed by atoms with Crippen LogP contribution in [0.25, 0.3) is 22.2 Å². The van der Waals surface area contributed by atoms with E-state index in [9.17, 15) is 5.11 Å². The molecule has 0 saturated heterocycles.